The second-order valence-corrected chi connectivity index (χ2v) is 11.5. The summed E-state index contributed by atoms with van der Waals surface area (Å²) in [4.78, 5) is 38.6. The highest BCUT2D eigenvalue weighted by atomic mass is 16.4. The maximum atomic E-state index is 12.4. The Morgan fingerprint density at radius 1 is 1.07 bits per heavy atom. The molecule has 1 aliphatic rings. The van der Waals surface area contributed by atoms with Crippen LogP contribution in [0, 0.1) is 6.92 Å². The minimum atomic E-state index is -0.925. The third kappa shape index (κ3) is 13.6. The second-order valence-electron chi connectivity index (χ2n) is 11.5. The summed E-state index contributed by atoms with van der Waals surface area (Å²) in [6, 6.07) is 2.77. The number of aromatic nitrogens is 3. The molecule has 1 fully saturated rings. The largest absolute Gasteiger partial charge is 0.480 e. The number of piperidine rings is 1. The summed E-state index contributed by atoms with van der Waals surface area (Å²) in [7, 11) is 0. The van der Waals surface area contributed by atoms with Crippen LogP contribution in [0.5, 0.6) is 0 Å². The molecule has 2 aromatic rings. The van der Waals surface area contributed by atoms with Gasteiger partial charge < -0.3 is 41.0 Å². The molecule has 0 aliphatic carbocycles. The van der Waals surface area contributed by atoms with E-state index < -0.39 is 5.97 Å². The van der Waals surface area contributed by atoms with Crippen LogP contribution in [0.2, 0.25) is 0 Å². The molecule has 3 heterocycles. The molecule has 2 aromatic heterocycles. The quantitative estimate of drug-likeness (QED) is 0.107. The summed E-state index contributed by atoms with van der Waals surface area (Å²) in [6.07, 6.45) is 10.2. The first-order valence-corrected chi connectivity index (χ1v) is 16.3. The van der Waals surface area contributed by atoms with Crippen LogP contribution in [0.1, 0.15) is 82.5 Å². The van der Waals surface area contributed by atoms with Gasteiger partial charge in [-0.3, -0.25) is 9.59 Å². The number of oxazole rings is 1. The molecule has 0 radical (unpaired) electrons. The van der Waals surface area contributed by atoms with E-state index >= 15 is 0 Å². The van der Waals surface area contributed by atoms with Crippen LogP contribution in [0.25, 0.3) is 0 Å². The Morgan fingerprint density at radius 3 is 2.61 bits per heavy atom. The molecule has 1 unspecified atom stereocenters. The Kier molecular flexibility index (Phi) is 15.9. The molecular formula is C31H53N9O4. The number of likely N-dealkylation sites (tertiary alicyclic amines) is 1. The van der Waals surface area contributed by atoms with E-state index in [0.717, 1.165) is 74.8 Å². The number of anilines is 2. The maximum Gasteiger partial charge on any atom is 0.317 e. The minimum absolute atomic E-state index is 0.0460. The van der Waals surface area contributed by atoms with Gasteiger partial charge in [0.1, 0.15) is 12.1 Å². The zero-order valence-corrected chi connectivity index (χ0v) is 26.8. The fourth-order valence-electron chi connectivity index (χ4n) is 5.28. The average Bonchev–Trinajstić information content (AvgIpc) is 3.46. The highest BCUT2D eigenvalue weighted by Gasteiger charge is 2.23. The van der Waals surface area contributed by atoms with E-state index in [1.165, 1.54) is 19.3 Å². The Labute approximate surface area is 261 Å². The van der Waals surface area contributed by atoms with Crippen LogP contribution >= 0.6 is 0 Å². The van der Waals surface area contributed by atoms with Crippen molar-refractivity contribution < 1.29 is 19.1 Å². The number of nitrogens with one attached hydrogen (secondary N) is 5. The molecule has 1 amide bonds. The van der Waals surface area contributed by atoms with Gasteiger partial charge in [0.25, 0.3) is 0 Å². The van der Waals surface area contributed by atoms with Crippen molar-refractivity contribution >= 4 is 23.6 Å². The molecule has 13 nitrogen and oxygen atoms in total. The van der Waals surface area contributed by atoms with Crippen LogP contribution in [0.15, 0.2) is 16.7 Å². The summed E-state index contributed by atoms with van der Waals surface area (Å²) in [5.41, 5.74) is 1.66. The van der Waals surface area contributed by atoms with Gasteiger partial charge in [0, 0.05) is 56.3 Å². The number of aliphatic carboxylic acids is 1. The lowest BCUT2D eigenvalue weighted by Gasteiger charge is -2.32. The van der Waals surface area contributed by atoms with Crippen molar-refractivity contribution in [1.29, 1.82) is 0 Å². The summed E-state index contributed by atoms with van der Waals surface area (Å²) in [5, 5.41) is 25.4. The lowest BCUT2D eigenvalue weighted by atomic mass is 10.0. The molecule has 1 aliphatic heterocycles. The van der Waals surface area contributed by atoms with Crippen molar-refractivity contribution in [3.8, 4) is 0 Å². The summed E-state index contributed by atoms with van der Waals surface area (Å²) < 4.78 is 5.67. The van der Waals surface area contributed by atoms with E-state index in [-0.39, 0.29) is 18.5 Å². The topological polar surface area (TPSA) is 170 Å². The molecule has 246 valence electrons. The van der Waals surface area contributed by atoms with Crippen molar-refractivity contribution in [2.24, 2.45) is 0 Å². The molecule has 44 heavy (non-hydrogen) atoms. The molecule has 0 saturated carbocycles. The number of hydrogen-bond acceptors (Lipinski definition) is 11. The van der Waals surface area contributed by atoms with Crippen molar-refractivity contribution in [2.45, 2.75) is 97.2 Å². The zero-order chi connectivity index (χ0) is 31.6. The van der Waals surface area contributed by atoms with Gasteiger partial charge in [0.2, 0.25) is 11.9 Å². The molecule has 13 heteroatoms. The molecule has 3 rings (SSSR count). The van der Waals surface area contributed by atoms with Crippen molar-refractivity contribution in [1.82, 2.24) is 35.8 Å². The number of aryl methyl sites for hydroxylation is 2. The van der Waals surface area contributed by atoms with Gasteiger partial charge >= 0.3 is 5.97 Å². The van der Waals surface area contributed by atoms with Gasteiger partial charge in [-0.25, -0.2) is 9.97 Å². The van der Waals surface area contributed by atoms with Gasteiger partial charge in [-0.2, -0.15) is 4.98 Å². The molecule has 1 saturated heterocycles. The van der Waals surface area contributed by atoms with E-state index in [9.17, 15) is 9.59 Å². The third-order valence-corrected chi connectivity index (χ3v) is 7.71. The fourth-order valence-corrected chi connectivity index (χ4v) is 5.28. The monoisotopic (exact) mass is 615 g/mol. The summed E-state index contributed by atoms with van der Waals surface area (Å²) in [5.74, 6) is 1.13. The van der Waals surface area contributed by atoms with Crippen LogP contribution < -0.4 is 26.6 Å². The number of hydrogen-bond donors (Lipinski definition) is 6. The van der Waals surface area contributed by atoms with Gasteiger partial charge in [-0.15, -0.1) is 0 Å². The number of nitrogens with zero attached hydrogens (tertiary/aromatic N) is 4. The summed E-state index contributed by atoms with van der Waals surface area (Å²) in [6.45, 7) is 11.4. The number of carboxylic acid groups (broad SMARTS) is 1. The van der Waals surface area contributed by atoms with Crippen LogP contribution in [-0.4, -0.2) is 94.7 Å². The average molecular weight is 616 g/mol. The number of rotatable bonds is 22. The first kappa shape index (κ1) is 35.2. The molecular weight excluding hydrogens is 562 g/mol. The van der Waals surface area contributed by atoms with E-state index in [0.29, 0.717) is 44.6 Å². The number of carboxylic acids is 1. The van der Waals surface area contributed by atoms with E-state index in [1.54, 1.807) is 6.26 Å². The minimum Gasteiger partial charge on any atom is -0.480 e. The molecule has 0 aromatic carbocycles. The highest BCUT2D eigenvalue weighted by Crippen LogP contribution is 2.18. The van der Waals surface area contributed by atoms with Crippen LogP contribution in [0.4, 0.5) is 11.8 Å². The van der Waals surface area contributed by atoms with Crippen molar-refractivity contribution in [2.75, 3.05) is 56.4 Å². The summed E-state index contributed by atoms with van der Waals surface area (Å²) >= 11 is 0. The number of carbonyl (C=O) groups is 2. The third-order valence-electron chi connectivity index (χ3n) is 7.71. The molecule has 1 atom stereocenters. The van der Waals surface area contributed by atoms with Crippen LogP contribution in [0.3, 0.4) is 0 Å². The van der Waals surface area contributed by atoms with Gasteiger partial charge in [0.15, 0.2) is 5.89 Å². The Hall–Kier alpha value is -3.29. The maximum absolute atomic E-state index is 12.4. The van der Waals surface area contributed by atoms with Crippen LogP contribution in [-0.2, 0) is 22.6 Å². The lowest BCUT2D eigenvalue weighted by molar-refractivity contribution is -0.136. The first-order valence-electron chi connectivity index (χ1n) is 16.3. The van der Waals surface area contributed by atoms with E-state index in [2.05, 4.69) is 55.4 Å². The second kappa shape index (κ2) is 19.9. The van der Waals surface area contributed by atoms with Crippen molar-refractivity contribution in [3.63, 3.8) is 0 Å². The normalized spacial score (nSPS) is 14.5. The molecule has 6 N–H and O–H groups in total. The Balaban J connectivity index is 1.31. The number of amides is 1. The van der Waals surface area contributed by atoms with Gasteiger partial charge in [-0.05, 0) is 65.1 Å². The molecule has 0 spiro atoms. The Morgan fingerprint density at radius 2 is 1.86 bits per heavy atom. The van der Waals surface area contributed by atoms with Crippen molar-refractivity contribution in [3.05, 3.63) is 29.6 Å². The van der Waals surface area contributed by atoms with E-state index in [1.807, 2.05) is 17.9 Å². The fraction of sp³-hybridized carbons (Fsp3) is 0.710. The van der Waals surface area contributed by atoms with Gasteiger partial charge in [0.05, 0.1) is 18.8 Å². The SMILES string of the molecule is CCCC(CC)NCCCNCCCc1nc(CNc2nc(C)cc(NC3CCN(C(=O)CCNCC(=O)O)CC3)n2)co1. The van der Waals surface area contributed by atoms with Gasteiger partial charge in [-0.1, -0.05) is 20.3 Å². The predicted octanol–water partition coefficient (Wildman–Crippen LogP) is 2.93. The smallest absolute Gasteiger partial charge is 0.317 e. The predicted molar refractivity (Wildman–Crippen MR) is 172 cm³/mol. The zero-order valence-electron chi connectivity index (χ0n) is 26.8. The standard InChI is InChI=1S/C31H53N9O4/c1-4-8-24(5-2)34-15-7-14-32-13-6-9-28-38-26(22-44-28)20-35-31-36-23(3)19-27(39-31)37-25-11-17-40(18-12-25)29(41)10-16-33-21-30(42)43/h19,22,24-25,32-34H,4-18,20-21H2,1-3H3,(H,42,43)(H2,35,36,37,39). The first-order chi connectivity index (χ1) is 21.4. The lowest BCUT2D eigenvalue weighted by Crippen LogP contribution is -2.43. The van der Waals surface area contributed by atoms with E-state index in [4.69, 9.17) is 9.52 Å². The number of carbonyl (C=O) groups excluding carboxylic acids is 1. The molecule has 0 bridgehead atoms. The Bertz CT molecular complexity index is 1120. The highest BCUT2D eigenvalue weighted by molar-refractivity contribution is 5.76.